The first-order valence-electron chi connectivity index (χ1n) is 7.81. The number of carbonyl (C=O) groups is 1. The van der Waals surface area contributed by atoms with Crippen molar-refractivity contribution >= 4 is 17.3 Å². The van der Waals surface area contributed by atoms with Crippen LogP contribution in [0.4, 0.5) is 5.69 Å². The third-order valence-electron chi connectivity index (χ3n) is 4.01. The molecule has 1 aromatic carbocycles. The van der Waals surface area contributed by atoms with Gasteiger partial charge in [-0.25, -0.2) is 0 Å². The minimum absolute atomic E-state index is 0.198. The summed E-state index contributed by atoms with van der Waals surface area (Å²) in [7, 11) is 0. The SMILES string of the molecule is CC[C@@H]1CCCN(C(=O)C/C(C)=N\Nc2ccccc2)C1. The second-order valence-corrected chi connectivity index (χ2v) is 5.76. The summed E-state index contributed by atoms with van der Waals surface area (Å²) in [4.78, 5) is 14.3. The molecule has 1 aliphatic heterocycles. The summed E-state index contributed by atoms with van der Waals surface area (Å²) in [6.07, 6.45) is 3.94. The smallest absolute Gasteiger partial charge is 0.228 e. The number of para-hydroxylation sites is 1. The van der Waals surface area contributed by atoms with Gasteiger partial charge in [-0.15, -0.1) is 0 Å². The maximum absolute atomic E-state index is 12.3. The standard InChI is InChI=1S/C17H25N3O/c1-3-15-8-7-11-20(13-15)17(21)12-14(2)18-19-16-9-5-4-6-10-16/h4-6,9-10,15,19H,3,7-8,11-13H2,1-2H3/b18-14-/t15-/m1/s1. The van der Waals surface area contributed by atoms with E-state index in [1.807, 2.05) is 42.2 Å². The molecule has 0 aliphatic carbocycles. The van der Waals surface area contributed by atoms with Crippen LogP contribution in [0.5, 0.6) is 0 Å². The van der Waals surface area contributed by atoms with Gasteiger partial charge in [-0.2, -0.15) is 5.10 Å². The van der Waals surface area contributed by atoms with Crippen LogP contribution in [0.2, 0.25) is 0 Å². The molecule has 1 heterocycles. The zero-order valence-electron chi connectivity index (χ0n) is 13.0. The number of rotatable bonds is 5. The van der Waals surface area contributed by atoms with Crippen molar-refractivity contribution < 1.29 is 4.79 Å². The van der Waals surface area contributed by atoms with Gasteiger partial charge in [-0.3, -0.25) is 10.2 Å². The number of amides is 1. The average Bonchev–Trinajstić information content (AvgIpc) is 2.54. The number of anilines is 1. The predicted molar refractivity (Wildman–Crippen MR) is 87.4 cm³/mol. The van der Waals surface area contributed by atoms with Crippen LogP contribution >= 0.6 is 0 Å². The van der Waals surface area contributed by atoms with E-state index in [-0.39, 0.29) is 5.91 Å². The number of nitrogens with zero attached hydrogens (tertiary/aromatic N) is 2. The van der Waals surface area contributed by atoms with Crippen LogP contribution < -0.4 is 5.43 Å². The molecule has 0 radical (unpaired) electrons. The van der Waals surface area contributed by atoms with Crippen LogP contribution in [-0.4, -0.2) is 29.6 Å². The van der Waals surface area contributed by atoms with Crippen LogP contribution in [0.15, 0.2) is 35.4 Å². The molecule has 0 unspecified atom stereocenters. The van der Waals surface area contributed by atoms with E-state index in [1.165, 1.54) is 6.42 Å². The van der Waals surface area contributed by atoms with Crippen molar-refractivity contribution in [1.82, 2.24) is 4.90 Å². The van der Waals surface area contributed by atoms with Gasteiger partial charge in [-0.05, 0) is 37.8 Å². The molecule has 1 fully saturated rings. The Morgan fingerprint density at radius 3 is 2.86 bits per heavy atom. The quantitative estimate of drug-likeness (QED) is 0.665. The molecule has 1 atom stereocenters. The number of hydrazone groups is 1. The summed E-state index contributed by atoms with van der Waals surface area (Å²) >= 11 is 0. The van der Waals surface area contributed by atoms with Crippen LogP contribution in [0.25, 0.3) is 0 Å². The number of hydrogen-bond donors (Lipinski definition) is 1. The zero-order chi connectivity index (χ0) is 15.1. The van der Waals surface area contributed by atoms with Crippen LogP contribution in [-0.2, 0) is 4.79 Å². The molecule has 0 bridgehead atoms. The van der Waals surface area contributed by atoms with Gasteiger partial charge in [0.25, 0.3) is 0 Å². The fraction of sp³-hybridized carbons (Fsp3) is 0.529. The van der Waals surface area contributed by atoms with Crippen molar-refractivity contribution in [1.29, 1.82) is 0 Å². The van der Waals surface area contributed by atoms with Crippen molar-refractivity contribution in [2.45, 2.75) is 39.5 Å². The largest absolute Gasteiger partial charge is 0.342 e. The van der Waals surface area contributed by atoms with E-state index in [4.69, 9.17) is 0 Å². The van der Waals surface area contributed by atoms with Crippen LogP contribution in [0.3, 0.4) is 0 Å². The van der Waals surface area contributed by atoms with Gasteiger partial charge in [0.15, 0.2) is 0 Å². The Labute approximate surface area is 127 Å². The minimum atomic E-state index is 0.198. The maximum Gasteiger partial charge on any atom is 0.228 e. The van der Waals surface area contributed by atoms with E-state index >= 15 is 0 Å². The molecule has 0 spiro atoms. The lowest BCUT2D eigenvalue weighted by Crippen LogP contribution is -2.40. The molecular weight excluding hydrogens is 262 g/mol. The average molecular weight is 287 g/mol. The number of likely N-dealkylation sites (tertiary alicyclic amines) is 1. The summed E-state index contributed by atoms with van der Waals surface area (Å²) in [5.74, 6) is 0.867. The number of benzene rings is 1. The molecular formula is C17H25N3O. The maximum atomic E-state index is 12.3. The fourth-order valence-electron chi connectivity index (χ4n) is 2.67. The zero-order valence-corrected chi connectivity index (χ0v) is 13.0. The first kappa shape index (κ1) is 15.5. The van der Waals surface area contributed by atoms with Crippen molar-refractivity contribution in [3.63, 3.8) is 0 Å². The summed E-state index contributed by atoms with van der Waals surface area (Å²) < 4.78 is 0. The number of nitrogens with one attached hydrogen (secondary N) is 1. The van der Waals surface area contributed by atoms with Gasteiger partial charge < -0.3 is 4.90 Å². The van der Waals surface area contributed by atoms with E-state index in [9.17, 15) is 4.79 Å². The fourth-order valence-corrected chi connectivity index (χ4v) is 2.67. The summed E-state index contributed by atoms with van der Waals surface area (Å²) in [6, 6.07) is 9.78. The Kier molecular flexibility index (Phi) is 5.78. The Morgan fingerprint density at radius 2 is 2.14 bits per heavy atom. The highest BCUT2D eigenvalue weighted by Crippen LogP contribution is 2.19. The molecule has 0 saturated carbocycles. The van der Waals surface area contributed by atoms with Gasteiger partial charge in [0, 0.05) is 18.8 Å². The molecule has 1 aliphatic rings. The minimum Gasteiger partial charge on any atom is -0.342 e. The third-order valence-corrected chi connectivity index (χ3v) is 4.01. The Morgan fingerprint density at radius 1 is 1.38 bits per heavy atom. The molecule has 21 heavy (non-hydrogen) atoms. The van der Waals surface area contributed by atoms with Crippen molar-refractivity contribution in [2.24, 2.45) is 11.0 Å². The summed E-state index contributed by atoms with van der Waals surface area (Å²) in [6.45, 7) is 5.91. The Hall–Kier alpha value is -1.84. The number of hydrogen-bond acceptors (Lipinski definition) is 3. The monoisotopic (exact) mass is 287 g/mol. The van der Waals surface area contributed by atoms with Crippen LogP contribution in [0, 0.1) is 5.92 Å². The van der Waals surface area contributed by atoms with E-state index in [0.29, 0.717) is 12.3 Å². The van der Waals surface area contributed by atoms with Crippen LogP contribution in [0.1, 0.15) is 39.5 Å². The van der Waals surface area contributed by atoms with Gasteiger partial charge in [-0.1, -0.05) is 31.5 Å². The van der Waals surface area contributed by atoms with E-state index in [2.05, 4.69) is 17.5 Å². The van der Waals surface area contributed by atoms with Gasteiger partial charge >= 0.3 is 0 Å². The van der Waals surface area contributed by atoms with Crippen molar-refractivity contribution in [3.05, 3.63) is 30.3 Å². The normalized spacial score (nSPS) is 19.4. The molecule has 0 aromatic heterocycles. The highest BCUT2D eigenvalue weighted by atomic mass is 16.2. The van der Waals surface area contributed by atoms with E-state index < -0.39 is 0 Å². The molecule has 1 saturated heterocycles. The lowest BCUT2D eigenvalue weighted by atomic mass is 9.95. The Bertz CT molecular complexity index is 484. The first-order valence-corrected chi connectivity index (χ1v) is 7.81. The molecule has 2 rings (SSSR count). The first-order chi connectivity index (χ1) is 10.2. The van der Waals surface area contributed by atoms with Gasteiger partial charge in [0.2, 0.25) is 5.91 Å². The summed E-state index contributed by atoms with van der Waals surface area (Å²) in [5.41, 5.74) is 4.75. The molecule has 1 N–H and O–H groups in total. The molecule has 1 amide bonds. The predicted octanol–water partition coefficient (Wildman–Crippen LogP) is 3.51. The number of carbonyl (C=O) groups excluding carboxylic acids is 1. The highest BCUT2D eigenvalue weighted by molar-refractivity contribution is 6.00. The van der Waals surface area contributed by atoms with Crippen molar-refractivity contribution in [3.8, 4) is 0 Å². The van der Waals surface area contributed by atoms with Gasteiger partial charge in [0.1, 0.15) is 0 Å². The third kappa shape index (κ3) is 4.88. The Balaban J connectivity index is 1.84. The topological polar surface area (TPSA) is 44.7 Å². The lowest BCUT2D eigenvalue weighted by Gasteiger charge is -2.32. The van der Waals surface area contributed by atoms with E-state index in [0.717, 1.165) is 37.3 Å². The van der Waals surface area contributed by atoms with E-state index in [1.54, 1.807) is 0 Å². The second-order valence-electron chi connectivity index (χ2n) is 5.76. The lowest BCUT2D eigenvalue weighted by molar-refractivity contribution is -0.131. The molecule has 4 heteroatoms. The number of piperidine rings is 1. The molecule has 114 valence electrons. The molecule has 4 nitrogen and oxygen atoms in total. The summed E-state index contributed by atoms with van der Waals surface area (Å²) in [5, 5.41) is 4.29. The molecule has 1 aromatic rings. The van der Waals surface area contributed by atoms with Gasteiger partial charge in [0.05, 0.1) is 12.1 Å². The second kappa shape index (κ2) is 7.81. The van der Waals surface area contributed by atoms with Crippen molar-refractivity contribution in [2.75, 3.05) is 18.5 Å². The highest BCUT2D eigenvalue weighted by Gasteiger charge is 2.22.